The Kier molecular flexibility index (Phi) is 1.61. The molecule has 0 radical (unpaired) electrons. The number of rotatable bonds is 1. The molecule has 0 saturated carbocycles. The van der Waals surface area contributed by atoms with E-state index in [1.807, 2.05) is 0 Å². The van der Waals surface area contributed by atoms with Gasteiger partial charge in [0.25, 0.3) is 0 Å². The lowest BCUT2D eigenvalue weighted by atomic mass is 9.76. The Morgan fingerprint density at radius 1 is 0.857 bits per heavy atom. The van der Waals surface area contributed by atoms with Gasteiger partial charge in [0.1, 0.15) is 5.83 Å². The minimum Gasteiger partial charge on any atom is -0.212 e. The zero-order valence-electron chi connectivity index (χ0n) is 6.68. The molecule has 14 heavy (non-hydrogen) atoms. The summed E-state index contributed by atoms with van der Waals surface area (Å²) >= 11 is 0. The maximum atomic E-state index is 12.6. The van der Waals surface area contributed by atoms with E-state index in [2.05, 4.69) is 0 Å². The molecule has 0 nitrogen and oxygen atoms in total. The first kappa shape index (κ1) is 9.61. The van der Waals surface area contributed by atoms with E-state index in [-0.39, 0.29) is 12.8 Å². The molecule has 0 amide bonds. The maximum Gasteiger partial charge on any atom is 0.365 e. The SMILES string of the molecule is FC1=C(C2=C(F)C(F)(F)C2(F)F)CC1. The van der Waals surface area contributed by atoms with Gasteiger partial charge in [-0.05, 0) is 12.0 Å². The van der Waals surface area contributed by atoms with Gasteiger partial charge in [0, 0.05) is 6.42 Å². The van der Waals surface area contributed by atoms with Crippen LogP contribution in [0, 0.1) is 0 Å². The fraction of sp³-hybridized carbons (Fsp3) is 0.500. The number of alkyl halides is 4. The number of halogens is 6. The van der Waals surface area contributed by atoms with E-state index in [0.29, 0.717) is 0 Å². The van der Waals surface area contributed by atoms with Crippen LogP contribution in [0.15, 0.2) is 22.8 Å². The van der Waals surface area contributed by atoms with Crippen molar-refractivity contribution in [1.82, 2.24) is 0 Å². The lowest BCUT2D eigenvalue weighted by Crippen LogP contribution is -2.53. The molecule has 6 heteroatoms. The second-order valence-corrected chi connectivity index (χ2v) is 3.22. The van der Waals surface area contributed by atoms with Crippen molar-refractivity contribution in [2.75, 3.05) is 0 Å². The van der Waals surface area contributed by atoms with Crippen LogP contribution in [0.3, 0.4) is 0 Å². The molecule has 0 unspecified atom stereocenters. The van der Waals surface area contributed by atoms with Gasteiger partial charge in [-0.1, -0.05) is 0 Å². The molecule has 2 aliphatic rings. The lowest BCUT2D eigenvalue weighted by Gasteiger charge is -2.39. The van der Waals surface area contributed by atoms with Crippen LogP contribution in [0.1, 0.15) is 12.8 Å². The predicted octanol–water partition coefficient (Wildman–Crippen LogP) is 3.51. The number of hydrogen-bond acceptors (Lipinski definition) is 0. The van der Waals surface area contributed by atoms with Crippen LogP contribution in [0.2, 0.25) is 0 Å². The molecule has 0 aromatic rings. The Morgan fingerprint density at radius 3 is 1.71 bits per heavy atom. The Bertz CT molecular complexity index is 362. The molecule has 0 N–H and O–H groups in total. The largest absolute Gasteiger partial charge is 0.365 e. The van der Waals surface area contributed by atoms with Crippen molar-refractivity contribution >= 4 is 0 Å². The van der Waals surface area contributed by atoms with Gasteiger partial charge in [-0.15, -0.1) is 0 Å². The summed E-state index contributed by atoms with van der Waals surface area (Å²) in [5, 5.41) is 0. The van der Waals surface area contributed by atoms with Crippen LogP contribution in [-0.4, -0.2) is 11.8 Å². The van der Waals surface area contributed by atoms with Crippen LogP contribution in [0.4, 0.5) is 26.3 Å². The van der Waals surface area contributed by atoms with Gasteiger partial charge in [0.05, 0.1) is 5.57 Å². The summed E-state index contributed by atoms with van der Waals surface area (Å²) in [4.78, 5) is 0. The van der Waals surface area contributed by atoms with Gasteiger partial charge < -0.3 is 0 Å². The molecule has 0 saturated heterocycles. The van der Waals surface area contributed by atoms with E-state index in [4.69, 9.17) is 0 Å². The molecule has 0 fully saturated rings. The molecule has 2 rings (SSSR count). The Hall–Kier alpha value is -0.940. The molecule has 78 valence electrons. The molecule has 0 aromatic heterocycles. The molecule has 2 aliphatic carbocycles. The third-order valence-electron chi connectivity index (χ3n) is 2.43. The maximum absolute atomic E-state index is 12.6. The molecule has 0 heterocycles. The third kappa shape index (κ3) is 0.815. The average molecular weight is 214 g/mol. The zero-order chi connectivity index (χ0) is 10.7. The van der Waals surface area contributed by atoms with Crippen molar-refractivity contribution in [3.05, 3.63) is 22.8 Å². The number of allylic oxidation sites excluding steroid dienone is 4. The average Bonchev–Trinajstić information content (AvgIpc) is 2.09. The highest BCUT2D eigenvalue weighted by Crippen LogP contribution is 2.60. The van der Waals surface area contributed by atoms with Crippen molar-refractivity contribution in [2.45, 2.75) is 24.7 Å². The summed E-state index contributed by atoms with van der Waals surface area (Å²) in [7, 11) is 0. The van der Waals surface area contributed by atoms with E-state index in [1.54, 1.807) is 0 Å². The Balaban J connectivity index is 2.49. The van der Waals surface area contributed by atoms with E-state index in [0.717, 1.165) is 0 Å². The van der Waals surface area contributed by atoms with Gasteiger partial charge in [0.15, 0.2) is 5.83 Å². The molecular weight excluding hydrogens is 210 g/mol. The standard InChI is InChI=1S/C8H4F6/c9-4-2-1-3(4)5-6(10)8(13,14)7(5,11)12/h1-2H2. The summed E-state index contributed by atoms with van der Waals surface area (Å²) in [5.74, 6) is -12.5. The van der Waals surface area contributed by atoms with E-state index in [1.165, 1.54) is 0 Å². The molecule has 0 spiro atoms. The highest BCUT2D eigenvalue weighted by Gasteiger charge is 2.73. The van der Waals surface area contributed by atoms with Crippen molar-refractivity contribution in [1.29, 1.82) is 0 Å². The summed E-state index contributed by atoms with van der Waals surface area (Å²) in [6, 6.07) is 0. The van der Waals surface area contributed by atoms with Gasteiger partial charge in [-0.2, -0.15) is 17.6 Å². The van der Waals surface area contributed by atoms with Crippen LogP contribution in [-0.2, 0) is 0 Å². The highest BCUT2D eigenvalue weighted by atomic mass is 19.3. The summed E-state index contributed by atoms with van der Waals surface area (Å²) < 4.78 is 74.9. The summed E-state index contributed by atoms with van der Waals surface area (Å²) in [6.07, 6.45) is -0.200. The second kappa shape index (κ2) is 2.35. The smallest absolute Gasteiger partial charge is 0.212 e. The van der Waals surface area contributed by atoms with E-state index < -0.39 is 34.6 Å². The fourth-order valence-corrected chi connectivity index (χ4v) is 1.45. The van der Waals surface area contributed by atoms with Gasteiger partial charge >= 0.3 is 11.8 Å². The summed E-state index contributed by atoms with van der Waals surface area (Å²) in [5.41, 5.74) is -2.05. The molecular formula is C8H4F6. The van der Waals surface area contributed by atoms with Crippen LogP contribution < -0.4 is 0 Å². The monoisotopic (exact) mass is 214 g/mol. The second-order valence-electron chi connectivity index (χ2n) is 3.22. The Morgan fingerprint density at radius 2 is 1.43 bits per heavy atom. The van der Waals surface area contributed by atoms with Crippen LogP contribution >= 0.6 is 0 Å². The summed E-state index contributed by atoms with van der Waals surface area (Å²) in [6.45, 7) is 0. The van der Waals surface area contributed by atoms with Crippen molar-refractivity contribution in [2.24, 2.45) is 0 Å². The number of hydrogen-bond donors (Lipinski definition) is 0. The first-order chi connectivity index (χ1) is 6.30. The minimum atomic E-state index is -4.77. The van der Waals surface area contributed by atoms with E-state index in [9.17, 15) is 26.3 Å². The predicted molar refractivity (Wildman–Crippen MR) is 35.4 cm³/mol. The normalized spacial score (nSPS) is 28.7. The molecule has 0 bridgehead atoms. The zero-order valence-corrected chi connectivity index (χ0v) is 6.68. The quantitative estimate of drug-likeness (QED) is 0.586. The Labute approximate surface area is 74.9 Å². The van der Waals surface area contributed by atoms with Crippen LogP contribution in [0.5, 0.6) is 0 Å². The van der Waals surface area contributed by atoms with Crippen molar-refractivity contribution < 1.29 is 26.3 Å². The van der Waals surface area contributed by atoms with Crippen LogP contribution in [0.25, 0.3) is 0 Å². The van der Waals surface area contributed by atoms with Crippen molar-refractivity contribution in [3.63, 3.8) is 0 Å². The topological polar surface area (TPSA) is 0 Å². The molecule has 0 aromatic carbocycles. The van der Waals surface area contributed by atoms with Gasteiger partial charge in [0.2, 0.25) is 0 Å². The lowest BCUT2D eigenvalue weighted by molar-refractivity contribution is -0.202. The third-order valence-corrected chi connectivity index (χ3v) is 2.43. The molecule has 0 aliphatic heterocycles. The minimum absolute atomic E-state index is 0.0895. The highest BCUT2D eigenvalue weighted by molar-refractivity contribution is 5.55. The van der Waals surface area contributed by atoms with Crippen molar-refractivity contribution in [3.8, 4) is 0 Å². The van der Waals surface area contributed by atoms with Gasteiger partial charge in [-0.3, -0.25) is 0 Å². The fourth-order valence-electron chi connectivity index (χ4n) is 1.45. The first-order valence-electron chi connectivity index (χ1n) is 3.84. The van der Waals surface area contributed by atoms with E-state index >= 15 is 0 Å². The molecule has 0 atom stereocenters. The van der Waals surface area contributed by atoms with Gasteiger partial charge in [-0.25, -0.2) is 8.78 Å². The first-order valence-corrected chi connectivity index (χ1v) is 3.84.